The molecule has 0 aliphatic heterocycles. The molecule has 0 saturated carbocycles. The fourth-order valence-corrected chi connectivity index (χ4v) is 5.63. The highest BCUT2D eigenvalue weighted by atomic mass is 16.5. The molecule has 6 aromatic rings. The summed E-state index contributed by atoms with van der Waals surface area (Å²) in [7, 11) is 0. The lowest BCUT2D eigenvalue weighted by Gasteiger charge is -2.22. The largest absolute Gasteiger partial charge is 0.486 e. The van der Waals surface area contributed by atoms with Gasteiger partial charge in [0.1, 0.15) is 36.1 Å². The third-order valence-electron chi connectivity index (χ3n) is 8.01. The molecule has 48 heavy (non-hydrogen) atoms. The first-order chi connectivity index (χ1) is 23.4. The molecular formula is C36H30N6O6. The summed E-state index contributed by atoms with van der Waals surface area (Å²) in [4.78, 5) is 27.6. The van der Waals surface area contributed by atoms with Gasteiger partial charge in [0.2, 0.25) is 5.78 Å². The van der Waals surface area contributed by atoms with E-state index in [1.54, 1.807) is 48.8 Å². The lowest BCUT2D eigenvalue weighted by Crippen LogP contribution is -2.23. The number of aromatic nitrogens is 6. The number of carbonyl (C=O) groups is 2. The van der Waals surface area contributed by atoms with Crippen LogP contribution in [-0.2, 0) is 26.3 Å². The number of ether oxygens (including phenoxy) is 2. The average molecular weight is 643 g/mol. The van der Waals surface area contributed by atoms with Gasteiger partial charge in [-0.2, -0.15) is 0 Å². The molecule has 1 aliphatic carbocycles. The van der Waals surface area contributed by atoms with E-state index in [1.807, 2.05) is 60.7 Å². The zero-order valence-corrected chi connectivity index (χ0v) is 25.6. The number of ketones is 2. The van der Waals surface area contributed by atoms with Crippen molar-refractivity contribution in [2.24, 2.45) is 0 Å². The third kappa shape index (κ3) is 6.34. The zero-order valence-electron chi connectivity index (χ0n) is 25.6. The van der Waals surface area contributed by atoms with E-state index in [0.29, 0.717) is 11.4 Å². The molecule has 2 aromatic heterocycles. The van der Waals surface area contributed by atoms with Gasteiger partial charge in [-0.05, 0) is 23.3 Å². The molecule has 2 unspecified atom stereocenters. The van der Waals surface area contributed by atoms with E-state index in [2.05, 4.69) is 20.6 Å². The normalized spacial score (nSPS) is 13.5. The highest BCUT2D eigenvalue weighted by Gasteiger charge is 2.35. The Morgan fingerprint density at radius 3 is 1.44 bits per heavy atom. The topological polar surface area (TPSA) is 154 Å². The van der Waals surface area contributed by atoms with Crippen molar-refractivity contribution in [2.75, 3.05) is 0 Å². The number of hydrogen-bond donors (Lipinski definition) is 2. The molecule has 1 aliphatic rings. The second-order valence-electron chi connectivity index (χ2n) is 11.3. The summed E-state index contributed by atoms with van der Waals surface area (Å²) in [6, 6.07) is 28.3. The van der Waals surface area contributed by atoms with Crippen molar-refractivity contribution in [3.8, 4) is 11.5 Å². The van der Waals surface area contributed by atoms with E-state index in [-0.39, 0.29) is 65.8 Å². The van der Waals surface area contributed by atoms with Crippen molar-refractivity contribution in [1.29, 1.82) is 0 Å². The first-order valence-electron chi connectivity index (χ1n) is 15.3. The van der Waals surface area contributed by atoms with Gasteiger partial charge in [-0.25, -0.2) is 9.36 Å². The molecule has 240 valence electrons. The molecule has 2 atom stereocenters. The lowest BCUT2D eigenvalue weighted by molar-refractivity contribution is 0.0971. The van der Waals surface area contributed by atoms with E-state index < -0.39 is 18.0 Å². The summed E-state index contributed by atoms with van der Waals surface area (Å²) in [5.41, 5.74) is 3.23. The number of rotatable bonds is 12. The molecule has 0 saturated heterocycles. The summed E-state index contributed by atoms with van der Waals surface area (Å²) < 4.78 is 15.1. The van der Waals surface area contributed by atoms with Gasteiger partial charge in [0, 0.05) is 11.1 Å². The Morgan fingerprint density at radius 1 is 0.562 bits per heavy atom. The second-order valence-corrected chi connectivity index (χ2v) is 11.3. The first kappa shape index (κ1) is 30.7. The van der Waals surface area contributed by atoms with Crippen LogP contribution in [0.1, 0.15) is 66.6 Å². The predicted molar refractivity (Wildman–Crippen MR) is 171 cm³/mol. The number of aliphatic hydroxyl groups excluding tert-OH is 2. The Hall–Kier alpha value is -5.98. The van der Waals surface area contributed by atoms with Gasteiger partial charge in [-0.15, -0.1) is 10.2 Å². The summed E-state index contributed by atoms with van der Waals surface area (Å²) in [6.07, 6.45) is 1.80. The van der Waals surface area contributed by atoms with Crippen LogP contribution in [0.3, 0.4) is 0 Å². The quantitative estimate of drug-likeness (QED) is 0.198. The highest BCUT2D eigenvalue weighted by Crippen LogP contribution is 2.37. The predicted octanol–water partition coefficient (Wildman–Crippen LogP) is 4.27. The molecule has 12 nitrogen and oxygen atoms in total. The fourth-order valence-electron chi connectivity index (χ4n) is 5.63. The molecule has 2 N–H and O–H groups in total. The third-order valence-corrected chi connectivity index (χ3v) is 8.01. The van der Waals surface area contributed by atoms with Gasteiger partial charge in [-0.3, -0.25) is 9.59 Å². The molecule has 0 amide bonds. The van der Waals surface area contributed by atoms with E-state index in [0.717, 1.165) is 11.1 Å². The molecule has 2 heterocycles. The molecule has 4 aromatic carbocycles. The van der Waals surface area contributed by atoms with Crippen LogP contribution in [0.2, 0.25) is 0 Å². The van der Waals surface area contributed by atoms with Crippen LogP contribution in [0.15, 0.2) is 109 Å². The number of hydrogen-bond acceptors (Lipinski definition) is 10. The van der Waals surface area contributed by atoms with Crippen LogP contribution in [-0.4, -0.2) is 51.8 Å². The van der Waals surface area contributed by atoms with Crippen LogP contribution >= 0.6 is 0 Å². The second kappa shape index (κ2) is 13.4. The minimum atomic E-state index is -0.762. The molecule has 0 radical (unpaired) electrons. The summed E-state index contributed by atoms with van der Waals surface area (Å²) in [5, 5.41) is 37.5. The fraction of sp³-hybridized carbons (Fsp3) is 0.167. The number of aliphatic hydroxyl groups is 2. The van der Waals surface area contributed by atoms with E-state index in [1.165, 1.54) is 9.36 Å². The van der Waals surface area contributed by atoms with Gasteiger partial charge in [0.05, 0.1) is 48.8 Å². The monoisotopic (exact) mass is 642 g/mol. The molecule has 0 bridgehead atoms. The van der Waals surface area contributed by atoms with Crippen LogP contribution in [0.5, 0.6) is 11.5 Å². The Labute approximate surface area is 274 Å². The Balaban J connectivity index is 1.05. The van der Waals surface area contributed by atoms with Gasteiger partial charge >= 0.3 is 0 Å². The summed E-state index contributed by atoms with van der Waals surface area (Å²) >= 11 is 0. The van der Waals surface area contributed by atoms with Crippen molar-refractivity contribution in [2.45, 2.75) is 38.5 Å². The van der Waals surface area contributed by atoms with E-state index in [9.17, 15) is 19.8 Å². The van der Waals surface area contributed by atoms with Crippen molar-refractivity contribution >= 4 is 11.6 Å². The van der Waals surface area contributed by atoms with E-state index in [4.69, 9.17) is 9.47 Å². The maximum Gasteiger partial charge on any atom is 0.201 e. The molecule has 0 spiro atoms. The highest BCUT2D eigenvalue weighted by molar-refractivity contribution is 6.30. The van der Waals surface area contributed by atoms with Crippen molar-refractivity contribution in [3.63, 3.8) is 0 Å². The average Bonchev–Trinajstić information content (AvgIpc) is 3.78. The molecular weight excluding hydrogens is 612 g/mol. The Morgan fingerprint density at radius 2 is 1.00 bits per heavy atom. The molecule has 12 heteroatoms. The SMILES string of the molecule is O=C1c2cccc(OCc3cn(CC(O)c4ccccc4)nn3)c2C(=O)c2c(OCc3cn(CC(O)c4ccccc4)nn3)cccc21. The van der Waals surface area contributed by atoms with Crippen molar-refractivity contribution in [1.82, 2.24) is 30.0 Å². The van der Waals surface area contributed by atoms with Gasteiger partial charge in [0.15, 0.2) is 5.78 Å². The van der Waals surface area contributed by atoms with E-state index >= 15 is 0 Å². The summed E-state index contributed by atoms with van der Waals surface area (Å²) in [6.45, 7) is 0.379. The maximum absolute atomic E-state index is 14.0. The molecule has 0 fully saturated rings. The molecule has 7 rings (SSSR count). The first-order valence-corrected chi connectivity index (χ1v) is 15.3. The number of nitrogens with zero attached hydrogens (tertiary/aromatic N) is 6. The number of carbonyl (C=O) groups excluding carboxylic acids is 2. The van der Waals surface area contributed by atoms with Crippen molar-refractivity contribution < 1.29 is 29.3 Å². The summed E-state index contributed by atoms with van der Waals surface area (Å²) in [5.74, 6) is -0.276. The standard InChI is InChI=1S/C36H30N6O6/c43-29(23-9-3-1-4-10-23)19-41-17-25(37-39-41)21-47-31-15-7-13-27-33(31)36(46)34-28(35(27)45)14-8-16-32(34)48-22-26-18-42(40-38-26)20-30(44)24-11-5-2-6-12-24/h1-18,29-30,43-44H,19-22H2. The Kier molecular flexibility index (Phi) is 8.56. The number of fused-ring (bicyclic) bond motifs is 2. The number of benzene rings is 4. The van der Waals surface area contributed by atoms with Crippen LogP contribution < -0.4 is 9.47 Å². The van der Waals surface area contributed by atoms with Crippen LogP contribution in [0.4, 0.5) is 0 Å². The van der Waals surface area contributed by atoms with Crippen LogP contribution in [0, 0.1) is 0 Å². The minimum absolute atomic E-state index is 0.0149. The Bertz CT molecular complexity index is 1930. The van der Waals surface area contributed by atoms with Crippen molar-refractivity contribution in [3.05, 3.63) is 154 Å². The smallest absolute Gasteiger partial charge is 0.201 e. The van der Waals surface area contributed by atoms with Gasteiger partial charge < -0.3 is 19.7 Å². The zero-order chi connectivity index (χ0) is 33.0. The van der Waals surface area contributed by atoms with Gasteiger partial charge in [-0.1, -0.05) is 95.4 Å². The minimum Gasteiger partial charge on any atom is -0.486 e. The maximum atomic E-state index is 14.0. The lowest BCUT2D eigenvalue weighted by atomic mass is 9.83. The van der Waals surface area contributed by atoms with Gasteiger partial charge in [0.25, 0.3) is 0 Å². The van der Waals surface area contributed by atoms with Crippen LogP contribution in [0.25, 0.3) is 0 Å².